The molecule has 0 saturated carbocycles. The number of esters is 1. The van der Waals surface area contributed by atoms with Crippen LogP contribution in [0.5, 0.6) is 0 Å². The fraction of sp³-hybridized carbons (Fsp3) is 0.167. The quantitative estimate of drug-likeness (QED) is 0.533. The molecule has 0 unspecified atom stereocenters. The number of ether oxygens (including phenoxy) is 1. The van der Waals surface area contributed by atoms with Gasteiger partial charge in [-0.25, -0.2) is 0 Å². The van der Waals surface area contributed by atoms with E-state index in [1.54, 1.807) is 48.5 Å². The van der Waals surface area contributed by atoms with Crippen LogP contribution in [0.3, 0.4) is 0 Å². The van der Waals surface area contributed by atoms with Crippen molar-refractivity contribution in [2.24, 2.45) is 0 Å². The van der Waals surface area contributed by atoms with Crippen molar-refractivity contribution >= 4 is 50.9 Å². The number of hydrogen-bond donors (Lipinski definition) is 1. The maximum Gasteiger partial charge on any atom is 0.306 e. The summed E-state index contributed by atoms with van der Waals surface area (Å²) in [7, 11) is 0. The van der Waals surface area contributed by atoms with E-state index in [9.17, 15) is 14.4 Å². The van der Waals surface area contributed by atoms with Crippen LogP contribution in [0.4, 0.5) is 5.69 Å². The first kappa shape index (κ1) is 19.1. The molecule has 7 heteroatoms. The molecule has 2 aromatic rings. The summed E-state index contributed by atoms with van der Waals surface area (Å²) in [4.78, 5) is 35.3. The highest BCUT2D eigenvalue weighted by Gasteiger charge is 2.12. The van der Waals surface area contributed by atoms with Crippen molar-refractivity contribution < 1.29 is 19.1 Å². The first-order valence-electron chi connectivity index (χ1n) is 7.44. The number of hydrogen-bond acceptors (Lipinski definition) is 4. The fourth-order valence-electron chi connectivity index (χ4n) is 1.94. The average Bonchev–Trinajstić information content (AvgIpc) is 2.58. The number of rotatable bonds is 7. The Bertz CT molecular complexity index is 777. The Kier molecular flexibility index (Phi) is 7.16. The number of anilines is 1. The molecule has 0 saturated heterocycles. The van der Waals surface area contributed by atoms with E-state index in [-0.39, 0.29) is 31.1 Å². The largest absolute Gasteiger partial charge is 0.457 e. The molecule has 2 rings (SSSR count). The summed E-state index contributed by atoms with van der Waals surface area (Å²) < 4.78 is 5.76. The van der Waals surface area contributed by atoms with Gasteiger partial charge in [0, 0.05) is 27.2 Å². The van der Waals surface area contributed by atoms with Crippen LogP contribution < -0.4 is 5.32 Å². The average molecular weight is 425 g/mol. The number of ketones is 1. The highest BCUT2D eigenvalue weighted by atomic mass is 79.9. The summed E-state index contributed by atoms with van der Waals surface area (Å²) in [5.74, 6) is -1.24. The smallest absolute Gasteiger partial charge is 0.306 e. The fourth-order valence-corrected chi connectivity index (χ4v) is 2.40. The van der Waals surface area contributed by atoms with Crippen molar-refractivity contribution in [3.05, 3.63) is 63.6 Å². The van der Waals surface area contributed by atoms with Crippen LogP contribution in [-0.2, 0) is 14.3 Å². The second kappa shape index (κ2) is 9.34. The molecule has 1 N–H and O–H groups in total. The number of carbonyl (C=O) groups is 3. The molecular formula is C18H15BrClNO4. The topological polar surface area (TPSA) is 72.5 Å². The SMILES string of the molecule is O=C(CCC(=O)OCC(=O)c1ccc(Br)cc1)Nc1cccc(Cl)c1. The lowest BCUT2D eigenvalue weighted by molar-refractivity contribution is -0.143. The van der Waals surface area contributed by atoms with E-state index < -0.39 is 5.97 Å². The lowest BCUT2D eigenvalue weighted by Crippen LogP contribution is -2.17. The second-order valence-electron chi connectivity index (χ2n) is 5.15. The molecule has 2 aromatic carbocycles. The predicted molar refractivity (Wildman–Crippen MR) is 98.7 cm³/mol. The zero-order valence-corrected chi connectivity index (χ0v) is 15.5. The minimum absolute atomic E-state index is 0.0438. The predicted octanol–water partition coefficient (Wildman–Crippen LogP) is 4.25. The van der Waals surface area contributed by atoms with Gasteiger partial charge in [-0.05, 0) is 30.3 Å². The highest BCUT2D eigenvalue weighted by molar-refractivity contribution is 9.10. The van der Waals surface area contributed by atoms with Gasteiger partial charge >= 0.3 is 5.97 Å². The van der Waals surface area contributed by atoms with Gasteiger partial charge in [-0.2, -0.15) is 0 Å². The lowest BCUT2D eigenvalue weighted by atomic mass is 10.1. The third-order valence-electron chi connectivity index (χ3n) is 3.20. The molecule has 0 aliphatic carbocycles. The number of amides is 1. The maximum absolute atomic E-state index is 11.9. The van der Waals surface area contributed by atoms with Crippen molar-refractivity contribution in [3.8, 4) is 0 Å². The Balaban J connectivity index is 1.72. The summed E-state index contributed by atoms with van der Waals surface area (Å²) in [6, 6.07) is 13.4. The van der Waals surface area contributed by atoms with Crippen LogP contribution in [0.25, 0.3) is 0 Å². The molecular weight excluding hydrogens is 410 g/mol. The van der Waals surface area contributed by atoms with Crippen molar-refractivity contribution in [2.75, 3.05) is 11.9 Å². The van der Waals surface area contributed by atoms with Gasteiger partial charge in [0.25, 0.3) is 0 Å². The zero-order valence-electron chi connectivity index (χ0n) is 13.1. The highest BCUT2D eigenvalue weighted by Crippen LogP contribution is 2.15. The molecule has 5 nitrogen and oxygen atoms in total. The van der Waals surface area contributed by atoms with Gasteiger partial charge < -0.3 is 10.1 Å². The minimum Gasteiger partial charge on any atom is -0.457 e. The van der Waals surface area contributed by atoms with Crippen LogP contribution in [0, 0.1) is 0 Å². The monoisotopic (exact) mass is 423 g/mol. The van der Waals surface area contributed by atoms with E-state index in [0.29, 0.717) is 16.3 Å². The Morgan fingerprint density at radius 1 is 1.04 bits per heavy atom. The summed E-state index contributed by atoms with van der Waals surface area (Å²) in [5.41, 5.74) is 1.01. The third-order valence-corrected chi connectivity index (χ3v) is 3.96. The van der Waals surface area contributed by atoms with Crippen LogP contribution in [-0.4, -0.2) is 24.3 Å². The maximum atomic E-state index is 11.9. The van der Waals surface area contributed by atoms with E-state index in [0.717, 1.165) is 4.47 Å². The molecule has 130 valence electrons. The van der Waals surface area contributed by atoms with Gasteiger partial charge in [-0.15, -0.1) is 0 Å². The first-order valence-corrected chi connectivity index (χ1v) is 8.61. The molecule has 0 aliphatic rings. The van der Waals surface area contributed by atoms with Crippen molar-refractivity contribution in [1.29, 1.82) is 0 Å². The van der Waals surface area contributed by atoms with Crippen LogP contribution in [0.1, 0.15) is 23.2 Å². The van der Waals surface area contributed by atoms with Crippen molar-refractivity contribution in [2.45, 2.75) is 12.8 Å². The number of halogens is 2. The third kappa shape index (κ3) is 6.68. The Morgan fingerprint density at radius 3 is 2.44 bits per heavy atom. The first-order chi connectivity index (χ1) is 11.9. The summed E-state index contributed by atoms with van der Waals surface area (Å²) in [5, 5.41) is 3.13. The molecule has 0 aromatic heterocycles. The van der Waals surface area contributed by atoms with Crippen molar-refractivity contribution in [1.82, 2.24) is 0 Å². The molecule has 0 heterocycles. The molecule has 0 bridgehead atoms. The Hall–Kier alpha value is -2.18. The Labute approximate surface area is 158 Å². The van der Waals surface area contributed by atoms with Crippen LogP contribution >= 0.6 is 27.5 Å². The van der Waals surface area contributed by atoms with Gasteiger partial charge in [0.15, 0.2) is 12.4 Å². The van der Waals surface area contributed by atoms with E-state index in [2.05, 4.69) is 21.2 Å². The molecule has 0 fully saturated rings. The molecule has 25 heavy (non-hydrogen) atoms. The lowest BCUT2D eigenvalue weighted by Gasteiger charge is -2.06. The van der Waals surface area contributed by atoms with E-state index in [1.807, 2.05) is 0 Å². The zero-order chi connectivity index (χ0) is 18.2. The number of carbonyl (C=O) groups excluding carboxylic acids is 3. The van der Waals surface area contributed by atoms with E-state index in [4.69, 9.17) is 16.3 Å². The van der Waals surface area contributed by atoms with Gasteiger partial charge in [0.05, 0.1) is 6.42 Å². The molecule has 0 aliphatic heterocycles. The standard InChI is InChI=1S/C18H15BrClNO4/c19-13-6-4-12(5-7-13)16(22)11-25-18(24)9-8-17(23)21-15-3-1-2-14(20)10-15/h1-7,10H,8-9,11H2,(H,21,23). The van der Waals surface area contributed by atoms with Crippen LogP contribution in [0.15, 0.2) is 53.0 Å². The van der Waals surface area contributed by atoms with Crippen molar-refractivity contribution in [3.63, 3.8) is 0 Å². The van der Waals surface area contributed by atoms with Crippen LogP contribution in [0.2, 0.25) is 5.02 Å². The van der Waals surface area contributed by atoms with E-state index in [1.165, 1.54) is 0 Å². The van der Waals surface area contributed by atoms with Gasteiger partial charge in [-0.1, -0.05) is 45.7 Å². The summed E-state index contributed by atoms with van der Waals surface area (Å²) >= 11 is 9.10. The summed E-state index contributed by atoms with van der Waals surface area (Å²) in [6.45, 7) is -0.351. The number of nitrogens with one attached hydrogen (secondary N) is 1. The van der Waals surface area contributed by atoms with Gasteiger partial charge in [0.1, 0.15) is 0 Å². The van der Waals surface area contributed by atoms with E-state index >= 15 is 0 Å². The Morgan fingerprint density at radius 2 is 1.76 bits per heavy atom. The number of Topliss-reactive ketones (excluding diaryl/α,β-unsaturated/α-hetero) is 1. The molecule has 0 radical (unpaired) electrons. The van der Waals surface area contributed by atoms with Gasteiger partial charge in [-0.3, -0.25) is 14.4 Å². The molecule has 1 amide bonds. The molecule has 0 atom stereocenters. The minimum atomic E-state index is -0.605. The normalized spacial score (nSPS) is 10.2. The molecule has 0 spiro atoms. The second-order valence-corrected chi connectivity index (χ2v) is 6.50. The summed E-state index contributed by atoms with van der Waals surface area (Å²) in [6.07, 6.45) is -0.155. The number of benzene rings is 2. The van der Waals surface area contributed by atoms with Gasteiger partial charge in [0.2, 0.25) is 5.91 Å².